The van der Waals surface area contributed by atoms with E-state index in [1.165, 1.54) is 19.2 Å². The lowest BCUT2D eigenvalue weighted by molar-refractivity contribution is -0.117. The van der Waals surface area contributed by atoms with E-state index >= 15 is 0 Å². The molecule has 8 heteroatoms. The highest BCUT2D eigenvalue weighted by atomic mass is 32.1. The summed E-state index contributed by atoms with van der Waals surface area (Å²) in [5.41, 5.74) is 0.498. The summed E-state index contributed by atoms with van der Waals surface area (Å²) in [6.07, 6.45) is 0.852. The second-order valence-electron chi connectivity index (χ2n) is 6.03. The minimum Gasteiger partial charge on any atom is -0.494 e. The van der Waals surface area contributed by atoms with Crippen molar-refractivity contribution in [3.8, 4) is 5.75 Å². The van der Waals surface area contributed by atoms with Crippen molar-refractivity contribution < 1.29 is 18.4 Å². The maximum atomic E-state index is 13.9. The van der Waals surface area contributed by atoms with Crippen LogP contribution in [0.4, 0.5) is 10.1 Å². The van der Waals surface area contributed by atoms with Crippen LogP contribution in [0.1, 0.15) is 28.9 Å². The van der Waals surface area contributed by atoms with Gasteiger partial charge in [0.2, 0.25) is 11.8 Å². The lowest BCUT2D eigenvalue weighted by Crippen LogP contribution is -2.24. The lowest BCUT2D eigenvalue weighted by Gasteiger charge is -2.16. The fourth-order valence-electron chi connectivity index (χ4n) is 3.02. The topological polar surface area (TPSA) is 68.5 Å². The molecule has 0 radical (unpaired) electrons. The SMILES string of the molecule is COc1ccc(N2CC(c3noc(Cc4cccs4)n3)CC2=O)cc1F. The van der Waals surface area contributed by atoms with Crippen molar-refractivity contribution in [1.29, 1.82) is 0 Å². The van der Waals surface area contributed by atoms with Crippen LogP contribution in [0.2, 0.25) is 0 Å². The van der Waals surface area contributed by atoms with Crippen molar-refractivity contribution in [2.75, 3.05) is 18.6 Å². The standard InChI is InChI=1S/C18H16FN3O3S/c1-24-15-5-4-12(8-14(15)19)22-10-11(7-17(22)23)18-20-16(25-21-18)9-13-3-2-6-26-13/h2-6,8,11H,7,9-10H2,1H3. The Labute approximate surface area is 153 Å². The van der Waals surface area contributed by atoms with E-state index in [0.717, 1.165) is 4.88 Å². The Bertz CT molecular complexity index is 926. The van der Waals surface area contributed by atoms with Crippen LogP contribution in [-0.2, 0) is 11.2 Å². The van der Waals surface area contributed by atoms with Gasteiger partial charge in [-0.2, -0.15) is 4.98 Å². The molecule has 0 saturated carbocycles. The van der Waals surface area contributed by atoms with Gasteiger partial charge in [0.05, 0.1) is 13.5 Å². The predicted molar refractivity (Wildman–Crippen MR) is 94.1 cm³/mol. The zero-order valence-electron chi connectivity index (χ0n) is 14.0. The maximum absolute atomic E-state index is 13.9. The van der Waals surface area contributed by atoms with Gasteiger partial charge in [-0.25, -0.2) is 4.39 Å². The molecule has 1 aliphatic heterocycles. The molecule has 1 atom stereocenters. The summed E-state index contributed by atoms with van der Waals surface area (Å²) in [5, 5.41) is 6.03. The Hall–Kier alpha value is -2.74. The molecule has 3 heterocycles. The number of rotatable bonds is 5. The number of carbonyl (C=O) groups excluding carboxylic acids is 1. The molecule has 1 saturated heterocycles. The zero-order chi connectivity index (χ0) is 18.1. The molecule has 2 aromatic heterocycles. The number of halogens is 1. The van der Waals surface area contributed by atoms with E-state index in [4.69, 9.17) is 9.26 Å². The van der Waals surface area contributed by atoms with E-state index in [9.17, 15) is 9.18 Å². The minimum absolute atomic E-state index is 0.0934. The Morgan fingerprint density at radius 3 is 3.04 bits per heavy atom. The van der Waals surface area contributed by atoms with E-state index < -0.39 is 5.82 Å². The van der Waals surface area contributed by atoms with Gasteiger partial charge in [0.25, 0.3) is 0 Å². The summed E-state index contributed by atoms with van der Waals surface area (Å²) in [6, 6.07) is 8.46. The number of benzene rings is 1. The predicted octanol–water partition coefficient (Wildman–Crippen LogP) is 3.39. The third kappa shape index (κ3) is 3.20. The minimum atomic E-state index is -0.501. The summed E-state index contributed by atoms with van der Waals surface area (Å²) < 4.78 is 24.2. The summed E-state index contributed by atoms with van der Waals surface area (Å²) in [6.45, 7) is 0.391. The van der Waals surface area contributed by atoms with Crippen molar-refractivity contribution in [2.45, 2.75) is 18.8 Å². The third-order valence-corrected chi connectivity index (χ3v) is 5.20. The van der Waals surface area contributed by atoms with Crippen LogP contribution in [0, 0.1) is 5.82 Å². The molecule has 0 N–H and O–H groups in total. The largest absolute Gasteiger partial charge is 0.494 e. The monoisotopic (exact) mass is 373 g/mol. The van der Waals surface area contributed by atoms with Gasteiger partial charge < -0.3 is 14.2 Å². The van der Waals surface area contributed by atoms with Crippen LogP contribution in [0.3, 0.4) is 0 Å². The van der Waals surface area contributed by atoms with E-state index in [1.807, 2.05) is 17.5 Å². The van der Waals surface area contributed by atoms with E-state index in [-0.39, 0.29) is 24.0 Å². The molecule has 1 aliphatic rings. The van der Waals surface area contributed by atoms with Gasteiger partial charge in [-0.3, -0.25) is 4.79 Å². The van der Waals surface area contributed by atoms with Crippen molar-refractivity contribution in [3.05, 3.63) is 58.1 Å². The summed E-state index contributed by atoms with van der Waals surface area (Å²) in [4.78, 5) is 19.5. The van der Waals surface area contributed by atoms with Crippen LogP contribution in [-0.4, -0.2) is 29.7 Å². The molecule has 0 bridgehead atoms. The Balaban J connectivity index is 1.49. The number of hydrogen-bond acceptors (Lipinski definition) is 6. The number of amides is 1. The molecule has 0 spiro atoms. The molecular weight excluding hydrogens is 357 g/mol. The number of methoxy groups -OCH3 is 1. The van der Waals surface area contributed by atoms with Crippen molar-refractivity contribution in [1.82, 2.24) is 10.1 Å². The van der Waals surface area contributed by atoms with Crippen LogP contribution in [0.25, 0.3) is 0 Å². The molecule has 26 heavy (non-hydrogen) atoms. The highest BCUT2D eigenvalue weighted by Gasteiger charge is 2.34. The molecule has 6 nitrogen and oxygen atoms in total. The zero-order valence-corrected chi connectivity index (χ0v) is 14.8. The van der Waals surface area contributed by atoms with E-state index in [0.29, 0.717) is 30.4 Å². The van der Waals surface area contributed by atoms with Crippen LogP contribution in [0.15, 0.2) is 40.2 Å². The summed E-state index contributed by atoms with van der Waals surface area (Å²) >= 11 is 1.63. The summed E-state index contributed by atoms with van der Waals surface area (Å²) in [5.74, 6) is 0.426. The molecule has 1 fully saturated rings. The highest BCUT2D eigenvalue weighted by Crippen LogP contribution is 2.32. The first-order chi connectivity index (χ1) is 12.6. The Morgan fingerprint density at radius 2 is 2.31 bits per heavy atom. The average Bonchev–Trinajstić information content (AvgIpc) is 3.36. The van der Waals surface area contributed by atoms with Gasteiger partial charge in [0, 0.05) is 35.5 Å². The van der Waals surface area contributed by atoms with Crippen LogP contribution < -0.4 is 9.64 Å². The lowest BCUT2D eigenvalue weighted by atomic mass is 10.1. The van der Waals surface area contributed by atoms with Crippen molar-refractivity contribution >= 4 is 22.9 Å². The second kappa shape index (κ2) is 6.87. The average molecular weight is 373 g/mol. The third-order valence-electron chi connectivity index (χ3n) is 4.33. The molecular formula is C18H16FN3O3S. The maximum Gasteiger partial charge on any atom is 0.231 e. The molecule has 0 aliphatic carbocycles. The first kappa shape index (κ1) is 16.7. The molecule has 1 unspecified atom stereocenters. The second-order valence-corrected chi connectivity index (χ2v) is 7.06. The number of carbonyl (C=O) groups is 1. The number of nitrogens with zero attached hydrogens (tertiary/aromatic N) is 3. The smallest absolute Gasteiger partial charge is 0.231 e. The van der Waals surface area contributed by atoms with Crippen molar-refractivity contribution in [3.63, 3.8) is 0 Å². The van der Waals surface area contributed by atoms with E-state index in [2.05, 4.69) is 10.1 Å². The number of ether oxygens (including phenoxy) is 1. The van der Waals surface area contributed by atoms with E-state index in [1.54, 1.807) is 22.3 Å². The Morgan fingerprint density at radius 1 is 1.42 bits per heavy atom. The van der Waals surface area contributed by atoms with Crippen LogP contribution in [0.5, 0.6) is 5.75 Å². The number of anilines is 1. The highest BCUT2D eigenvalue weighted by molar-refractivity contribution is 7.09. The molecule has 134 valence electrons. The fourth-order valence-corrected chi connectivity index (χ4v) is 3.72. The number of thiophene rings is 1. The van der Waals surface area contributed by atoms with Gasteiger partial charge in [-0.1, -0.05) is 11.2 Å². The quantitative estimate of drug-likeness (QED) is 0.686. The van der Waals surface area contributed by atoms with Gasteiger partial charge in [-0.15, -0.1) is 11.3 Å². The Kier molecular flexibility index (Phi) is 4.42. The van der Waals surface area contributed by atoms with Crippen LogP contribution >= 0.6 is 11.3 Å². The van der Waals surface area contributed by atoms with Gasteiger partial charge in [-0.05, 0) is 23.6 Å². The van der Waals surface area contributed by atoms with Crippen molar-refractivity contribution in [2.24, 2.45) is 0 Å². The normalized spacial score (nSPS) is 17.1. The van der Waals surface area contributed by atoms with Gasteiger partial charge >= 0.3 is 0 Å². The molecule has 1 amide bonds. The van der Waals surface area contributed by atoms with Gasteiger partial charge in [0.1, 0.15) is 0 Å². The fraction of sp³-hybridized carbons (Fsp3) is 0.278. The number of aromatic nitrogens is 2. The first-order valence-electron chi connectivity index (χ1n) is 8.13. The van der Waals surface area contributed by atoms with Gasteiger partial charge in [0.15, 0.2) is 17.4 Å². The first-order valence-corrected chi connectivity index (χ1v) is 9.01. The summed E-state index contributed by atoms with van der Waals surface area (Å²) in [7, 11) is 1.40. The number of hydrogen-bond donors (Lipinski definition) is 0. The molecule has 1 aromatic carbocycles. The molecule has 4 rings (SSSR count). The molecule has 3 aromatic rings.